The normalized spacial score (nSPS) is 12.1. The number of hydrogen-bond donors (Lipinski definition) is 2. The standard InChI is InChI=1S/C19H17FN2O3/c1-22-17-5-3-2-4-13(17)10-15(19(22)25)18(24)21-16(11-23)12-6-8-14(20)9-7-12/h2-10,16,23H,11H2,1H3,(H,21,24)/t16-/m0/s1. The van der Waals surface area contributed by atoms with E-state index in [9.17, 15) is 19.1 Å². The Kier molecular flexibility index (Phi) is 4.63. The largest absolute Gasteiger partial charge is 0.394 e. The molecule has 3 rings (SSSR count). The fourth-order valence-corrected chi connectivity index (χ4v) is 2.75. The van der Waals surface area contributed by atoms with Crippen molar-refractivity contribution in [3.05, 3.63) is 81.9 Å². The van der Waals surface area contributed by atoms with Gasteiger partial charge in [0, 0.05) is 7.05 Å². The lowest BCUT2D eigenvalue weighted by atomic mass is 10.1. The van der Waals surface area contributed by atoms with Crippen molar-refractivity contribution in [2.24, 2.45) is 7.05 Å². The quantitative estimate of drug-likeness (QED) is 0.764. The molecular formula is C19H17FN2O3. The average Bonchev–Trinajstić information content (AvgIpc) is 2.63. The third-order valence-corrected chi connectivity index (χ3v) is 4.14. The Labute approximate surface area is 143 Å². The third kappa shape index (κ3) is 3.29. The van der Waals surface area contributed by atoms with Crippen LogP contribution in [0.1, 0.15) is 22.0 Å². The number of nitrogens with zero attached hydrogens (tertiary/aromatic N) is 1. The van der Waals surface area contributed by atoms with Crippen LogP contribution in [0.5, 0.6) is 0 Å². The molecule has 6 heteroatoms. The molecule has 0 aliphatic heterocycles. The highest BCUT2D eigenvalue weighted by Crippen LogP contribution is 2.16. The Morgan fingerprint density at radius 2 is 1.88 bits per heavy atom. The monoisotopic (exact) mass is 340 g/mol. The molecule has 25 heavy (non-hydrogen) atoms. The fraction of sp³-hybridized carbons (Fsp3) is 0.158. The lowest BCUT2D eigenvalue weighted by molar-refractivity contribution is 0.0914. The highest BCUT2D eigenvalue weighted by atomic mass is 19.1. The lowest BCUT2D eigenvalue weighted by Crippen LogP contribution is -2.36. The number of aliphatic hydroxyl groups is 1. The molecule has 0 aliphatic rings. The summed E-state index contributed by atoms with van der Waals surface area (Å²) in [5.41, 5.74) is 0.838. The second-order valence-corrected chi connectivity index (χ2v) is 5.74. The molecule has 1 atom stereocenters. The number of aliphatic hydroxyl groups excluding tert-OH is 1. The van der Waals surface area contributed by atoms with E-state index in [4.69, 9.17) is 0 Å². The molecule has 1 amide bonds. The first-order valence-corrected chi connectivity index (χ1v) is 7.77. The number of carbonyl (C=O) groups is 1. The summed E-state index contributed by atoms with van der Waals surface area (Å²) in [5.74, 6) is -0.995. The molecular weight excluding hydrogens is 323 g/mol. The van der Waals surface area contributed by atoms with Crippen molar-refractivity contribution in [2.45, 2.75) is 6.04 Å². The average molecular weight is 340 g/mol. The summed E-state index contributed by atoms with van der Waals surface area (Å²) in [5, 5.41) is 12.9. The minimum Gasteiger partial charge on any atom is -0.394 e. The van der Waals surface area contributed by atoms with Crippen molar-refractivity contribution in [3.63, 3.8) is 0 Å². The molecule has 3 aromatic rings. The number of halogens is 1. The van der Waals surface area contributed by atoms with Gasteiger partial charge >= 0.3 is 0 Å². The van der Waals surface area contributed by atoms with Gasteiger partial charge in [-0.15, -0.1) is 0 Å². The molecule has 0 saturated heterocycles. The van der Waals surface area contributed by atoms with Gasteiger partial charge in [-0.05, 0) is 35.2 Å². The number of carbonyl (C=O) groups excluding carboxylic acids is 1. The van der Waals surface area contributed by atoms with Crippen LogP contribution in [0.25, 0.3) is 10.9 Å². The number of aryl methyl sites for hydroxylation is 1. The SMILES string of the molecule is Cn1c(=O)c(C(=O)N[C@@H](CO)c2ccc(F)cc2)cc2ccccc21. The van der Waals surface area contributed by atoms with E-state index in [0.29, 0.717) is 5.56 Å². The molecule has 0 radical (unpaired) electrons. The Morgan fingerprint density at radius 1 is 1.20 bits per heavy atom. The number of amides is 1. The van der Waals surface area contributed by atoms with E-state index in [1.165, 1.54) is 34.9 Å². The first kappa shape index (κ1) is 16.9. The highest BCUT2D eigenvalue weighted by Gasteiger charge is 2.19. The van der Waals surface area contributed by atoms with Gasteiger partial charge in [0.1, 0.15) is 11.4 Å². The Bertz CT molecular complexity index is 980. The van der Waals surface area contributed by atoms with E-state index in [-0.39, 0.29) is 12.2 Å². The summed E-state index contributed by atoms with van der Waals surface area (Å²) in [6, 6.07) is 13.5. The van der Waals surface area contributed by atoms with Gasteiger partial charge in [0.05, 0.1) is 18.2 Å². The number of rotatable bonds is 4. The number of pyridine rings is 1. The van der Waals surface area contributed by atoms with Gasteiger partial charge < -0.3 is 15.0 Å². The zero-order valence-corrected chi connectivity index (χ0v) is 13.6. The van der Waals surface area contributed by atoms with E-state index in [0.717, 1.165) is 10.9 Å². The van der Waals surface area contributed by atoms with Crippen molar-refractivity contribution in [2.75, 3.05) is 6.61 Å². The predicted molar refractivity (Wildman–Crippen MR) is 92.9 cm³/mol. The first-order valence-electron chi connectivity index (χ1n) is 7.77. The summed E-state index contributed by atoms with van der Waals surface area (Å²) in [6.45, 7) is -0.370. The zero-order valence-electron chi connectivity index (χ0n) is 13.6. The van der Waals surface area contributed by atoms with Crippen LogP contribution in [-0.4, -0.2) is 22.2 Å². The molecule has 128 valence electrons. The van der Waals surface area contributed by atoms with Crippen LogP contribution in [0.2, 0.25) is 0 Å². The van der Waals surface area contributed by atoms with Crippen molar-refractivity contribution in [1.29, 1.82) is 0 Å². The maximum atomic E-state index is 13.0. The molecule has 5 nitrogen and oxygen atoms in total. The molecule has 0 bridgehead atoms. The van der Waals surface area contributed by atoms with E-state index in [1.54, 1.807) is 13.1 Å². The molecule has 2 aromatic carbocycles. The van der Waals surface area contributed by atoms with Crippen molar-refractivity contribution in [3.8, 4) is 0 Å². The maximum absolute atomic E-state index is 13.0. The summed E-state index contributed by atoms with van der Waals surface area (Å²) < 4.78 is 14.4. The Hall–Kier alpha value is -2.99. The minimum atomic E-state index is -0.732. The Balaban J connectivity index is 1.95. The maximum Gasteiger partial charge on any atom is 0.263 e. The van der Waals surface area contributed by atoms with E-state index < -0.39 is 23.3 Å². The van der Waals surface area contributed by atoms with Gasteiger partial charge in [-0.3, -0.25) is 9.59 Å². The third-order valence-electron chi connectivity index (χ3n) is 4.14. The molecule has 2 N–H and O–H groups in total. The van der Waals surface area contributed by atoms with Gasteiger partial charge in [-0.25, -0.2) is 4.39 Å². The molecule has 0 fully saturated rings. The molecule has 1 aromatic heterocycles. The van der Waals surface area contributed by atoms with E-state index >= 15 is 0 Å². The number of benzene rings is 2. The number of fused-ring (bicyclic) bond motifs is 1. The number of hydrogen-bond acceptors (Lipinski definition) is 3. The minimum absolute atomic E-state index is 0.0123. The summed E-state index contributed by atoms with van der Waals surface area (Å²) in [6.07, 6.45) is 0. The van der Waals surface area contributed by atoms with Gasteiger partial charge in [-0.1, -0.05) is 30.3 Å². The van der Waals surface area contributed by atoms with E-state index in [1.807, 2.05) is 18.2 Å². The van der Waals surface area contributed by atoms with Crippen LogP contribution >= 0.6 is 0 Å². The van der Waals surface area contributed by atoms with Crippen LogP contribution < -0.4 is 10.9 Å². The van der Waals surface area contributed by atoms with Crippen LogP contribution in [-0.2, 0) is 7.05 Å². The summed E-state index contributed by atoms with van der Waals surface area (Å²) >= 11 is 0. The van der Waals surface area contributed by atoms with Crippen LogP contribution in [0, 0.1) is 5.82 Å². The van der Waals surface area contributed by atoms with Crippen molar-refractivity contribution in [1.82, 2.24) is 9.88 Å². The number of para-hydroxylation sites is 1. The van der Waals surface area contributed by atoms with Crippen LogP contribution in [0.3, 0.4) is 0 Å². The van der Waals surface area contributed by atoms with Crippen LogP contribution in [0.4, 0.5) is 4.39 Å². The molecule has 0 saturated carbocycles. The number of nitrogens with one attached hydrogen (secondary N) is 1. The molecule has 0 unspecified atom stereocenters. The topological polar surface area (TPSA) is 71.3 Å². The predicted octanol–water partition coefficient (Wildman–Crippen LogP) is 2.14. The Morgan fingerprint density at radius 3 is 2.56 bits per heavy atom. The molecule has 0 aliphatic carbocycles. The fourth-order valence-electron chi connectivity index (χ4n) is 2.75. The molecule has 0 spiro atoms. The van der Waals surface area contributed by atoms with Crippen molar-refractivity contribution >= 4 is 16.8 Å². The molecule has 1 heterocycles. The second-order valence-electron chi connectivity index (χ2n) is 5.74. The summed E-state index contributed by atoms with van der Waals surface area (Å²) in [7, 11) is 1.60. The van der Waals surface area contributed by atoms with Crippen molar-refractivity contribution < 1.29 is 14.3 Å². The smallest absolute Gasteiger partial charge is 0.263 e. The van der Waals surface area contributed by atoms with Gasteiger partial charge in [-0.2, -0.15) is 0 Å². The van der Waals surface area contributed by atoms with E-state index in [2.05, 4.69) is 5.32 Å². The first-order chi connectivity index (χ1) is 12.0. The van der Waals surface area contributed by atoms with Gasteiger partial charge in [0.25, 0.3) is 11.5 Å². The zero-order chi connectivity index (χ0) is 18.0. The summed E-state index contributed by atoms with van der Waals surface area (Å²) in [4.78, 5) is 25.0. The number of aromatic nitrogens is 1. The van der Waals surface area contributed by atoms with Gasteiger partial charge in [0.15, 0.2) is 0 Å². The highest BCUT2D eigenvalue weighted by molar-refractivity contribution is 5.97. The van der Waals surface area contributed by atoms with Gasteiger partial charge in [0.2, 0.25) is 0 Å². The van der Waals surface area contributed by atoms with Crippen LogP contribution in [0.15, 0.2) is 59.4 Å². The lowest BCUT2D eigenvalue weighted by Gasteiger charge is -2.17. The second kappa shape index (κ2) is 6.86.